The van der Waals surface area contributed by atoms with E-state index in [0.717, 1.165) is 23.2 Å². The Hall–Kier alpha value is -0.620. The highest BCUT2D eigenvalue weighted by molar-refractivity contribution is 9.10. The van der Waals surface area contributed by atoms with Gasteiger partial charge in [-0.05, 0) is 23.8 Å². The number of halogens is 1. The first kappa shape index (κ1) is 12.4. The van der Waals surface area contributed by atoms with E-state index in [9.17, 15) is 10.2 Å². The maximum Gasteiger partial charge on any atom is 0.123 e. The van der Waals surface area contributed by atoms with Crippen molar-refractivity contribution in [3.63, 3.8) is 0 Å². The van der Waals surface area contributed by atoms with Gasteiger partial charge in [0.25, 0.3) is 0 Å². The van der Waals surface area contributed by atoms with Gasteiger partial charge in [0.1, 0.15) is 11.9 Å². The molecule has 18 heavy (non-hydrogen) atoms. The number of hydrogen-bond donors (Lipinski definition) is 2. The van der Waals surface area contributed by atoms with Crippen molar-refractivity contribution in [3.05, 3.63) is 28.2 Å². The molecule has 2 aliphatic rings. The maximum absolute atomic E-state index is 9.51. The highest BCUT2D eigenvalue weighted by atomic mass is 79.9. The quantitative estimate of drug-likeness (QED) is 0.847. The molecule has 1 aromatic rings. The van der Waals surface area contributed by atoms with Crippen LogP contribution in [0.3, 0.4) is 0 Å². The van der Waals surface area contributed by atoms with Crippen LogP contribution in [0.2, 0.25) is 0 Å². The number of rotatable bonds is 2. The Morgan fingerprint density at radius 2 is 2.00 bits per heavy atom. The summed E-state index contributed by atoms with van der Waals surface area (Å²) in [6.45, 7) is 1.81. The van der Waals surface area contributed by atoms with Gasteiger partial charge in [0.15, 0.2) is 0 Å². The van der Waals surface area contributed by atoms with E-state index >= 15 is 0 Å². The highest BCUT2D eigenvalue weighted by Gasteiger charge is 2.33. The fourth-order valence-corrected chi connectivity index (χ4v) is 3.08. The molecule has 4 nitrogen and oxygen atoms in total. The van der Waals surface area contributed by atoms with Crippen LogP contribution in [0.4, 0.5) is 0 Å². The van der Waals surface area contributed by atoms with Crippen LogP contribution in [0.1, 0.15) is 5.56 Å². The predicted molar refractivity (Wildman–Crippen MR) is 70.7 cm³/mol. The first-order valence-electron chi connectivity index (χ1n) is 6.15. The van der Waals surface area contributed by atoms with E-state index in [-0.39, 0.29) is 6.10 Å². The summed E-state index contributed by atoms with van der Waals surface area (Å²) in [5, 5.41) is 19.0. The largest absolute Gasteiger partial charge is 0.488 e. The van der Waals surface area contributed by atoms with Crippen molar-refractivity contribution in [3.8, 4) is 5.75 Å². The van der Waals surface area contributed by atoms with Crippen LogP contribution in [0.15, 0.2) is 22.7 Å². The molecule has 0 amide bonds. The summed E-state index contributed by atoms with van der Waals surface area (Å²) < 4.78 is 6.94. The number of likely N-dealkylation sites (tertiary alicyclic amines) is 1. The van der Waals surface area contributed by atoms with Gasteiger partial charge in [-0.1, -0.05) is 15.9 Å². The molecule has 1 aromatic carbocycles. The van der Waals surface area contributed by atoms with E-state index in [2.05, 4.69) is 26.9 Å². The number of nitrogens with zero attached hydrogens (tertiary/aromatic N) is 1. The molecule has 2 aliphatic heterocycles. The predicted octanol–water partition coefficient (Wildman–Crippen LogP) is 0.790. The number of benzene rings is 1. The molecular weight excluding hydrogens is 298 g/mol. The molecule has 1 fully saturated rings. The standard InChI is InChI=1S/C13H16BrNO3/c14-9-1-2-13-8(3-9)4-10(18-13)5-15-6-11(16)12(17)7-15/h1-3,10-12,16-17H,4-7H2/t10?,11-,12+. The molecule has 2 heterocycles. The third-order valence-electron chi connectivity index (χ3n) is 3.56. The summed E-state index contributed by atoms with van der Waals surface area (Å²) in [7, 11) is 0. The van der Waals surface area contributed by atoms with Crippen LogP contribution in [-0.4, -0.2) is 53.1 Å². The molecule has 98 valence electrons. The Morgan fingerprint density at radius 3 is 2.72 bits per heavy atom. The van der Waals surface area contributed by atoms with Crippen molar-refractivity contribution in [2.45, 2.75) is 24.7 Å². The Bertz CT molecular complexity index is 444. The smallest absolute Gasteiger partial charge is 0.123 e. The monoisotopic (exact) mass is 313 g/mol. The molecule has 3 rings (SSSR count). The van der Waals surface area contributed by atoms with Gasteiger partial charge in [0.2, 0.25) is 0 Å². The number of aliphatic hydroxyl groups is 2. The third-order valence-corrected chi connectivity index (χ3v) is 4.05. The zero-order valence-corrected chi connectivity index (χ0v) is 11.5. The summed E-state index contributed by atoms with van der Waals surface area (Å²) in [5.74, 6) is 0.948. The zero-order chi connectivity index (χ0) is 12.7. The number of ether oxygens (including phenoxy) is 1. The van der Waals surface area contributed by atoms with E-state index < -0.39 is 12.2 Å². The summed E-state index contributed by atoms with van der Waals surface area (Å²) >= 11 is 3.46. The second kappa shape index (κ2) is 4.81. The van der Waals surface area contributed by atoms with Gasteiger partial charge in [-0.25, -0.2) is 0 Å². The Morgan fingerprint density at radius 1 is 1.28 bits per heavy atom. The molecule has 3 atom stereocenters. The Balaban J connectivity index is 1.61. The first-order chi connectivity index (χ1) is 8.61. The molecule has 0 bridgehead atoms. The molecule has 5 heteroatoms. The molecular formula is C13H16BrNO3. The highest BCUT2D eigenvalue weighted by Crippen LogP contribution is 2.31. The fraction of sp³-hybridized carbons (Fsp3) is 0.538. The normalized spacial score (nSPS) is 31.4. The van der Waals surface area contributed by atoms with E-state index in [1.165, 1.54) is 5.56 Å². The van der Waals surface area contributed by atoms with Crippen molar-refractivity contribution >= 4 is 15.9 Å². The number of aliphatic hydroxyl groups excluding tert-OH is 2. The van der Waals surface area contributed by atoms with Gasteiger partial charge >= 0.3 is 0 Å². The average molecular weight is 314 g/mol. The van der Waals surface area contributed by atoms with Gasteiger partial charge < -0.3 is 14.9 Å². The second-order valence-electron chi connectivity index (χ2n) is 5.05. The van der Waals surface area contributed by atoms with Gasteiger partial charge in [0, 0.05) is 30.5 Å². The average Bonchev–Trinajstić information content (AvgIpc) is 2.82. The molecule has 0 aliphatic carbocycles. The number of fused-ring (bicyclic) bond motifs is 1. The Kier molecular flexibility index (Phi) is 3.32. The topological polar surface area (TPSA) is 52.9 Å². The third kappa shape index (κ3) is 2.40. The van der Waals surface area contributed by atoms with Gasteiger partial charge in [-0.2, -0.15) is 0 Å². The minimum Gasteiger partial charge on any atom is -0.488 e. The van der Waals surface area contributed by atoms with Crippen LogP contribution in [-0.2, 0) is 6.42 Å². The molecule has 0 saturated carbocycles. The molecule has 1 saturated heterocycles. The number of hydrogen-bond acceptors (Lipinski definition) is 4. The van der Waals surface area contributed by atoms with Crippen LogP contribution in [0.5, 0.6) is 5.75 Å². The summed E-state index contributed by atoms with van der Waals surface area (Å²) in [4.78, 5) is 2.06. The summed E-state index contributed by atoms with van der Waals surface area (Å²) in [6, 6.07) is 6.04. The first-order valence-corrected chi connectivity index (χ1v) is 6.94. The lowest BCUT2D eigenvalue weighted by Gasteiger charge is -2.19. The fourth-order valence-electron chi connectivity index (χ4n) is 2.67. The van der Waals surface area contributed by atoms with Crippen LogP contribution in [0, 0.1) is 0 Å². The van der Waals surface area contributed by atoms with Crippen molar-refractivity contribution in [1.29, 1.82) is 0 Å². The molecule has 0 radical (unpaired) electrons. The lowest BCUT2D eigenvalue weighted by atomic mass is 10.1. The van der Waals surface area contributed by atoms with Crippen LogP contribution >= 0.6 is 15.9 Å². The molecule has 1 unspecified atom stereocenters. The minimum absolute atomic E-state index is 0.117. The van der Waals surface area contributed by atoms with Crippen molar-refractivity contribution in [2.24, 2.45) is 0 Å². The van der Waals surface area contributed by atoms with Crippen LogP contribution < -0.4 is 4.74 Å². The summed E-state index contributed by atoms with van der Waals surface area (Å²) in [6.07, 6.45) is -0.241. The van der Waals surface area contributed by atoms with E-state index in [1.807, 2.05) is 12.1 Å². The SMILES string of the molecule is O[C@@H]1CN(CC2Cc3cc(Br)ccc3O2)C[C@@H]1O. The van der Waals surface area contributed by atoms with Gasteiger partial charge in [-0.15, -0.1) is 0 Å². The van der Waals surface area contributed by atoms with Crippen molar-refractivity contribution < 1.29 is 14.9 Å². The van der Waals surface area contributed by atoms with E-state index in [0.29, 0.717) is 13.1 Å². The van der Waals surface area contributed by atoms with E-state index in [1.54, 1.807) is 0 Å². The lowest BCUT2D eigenvalue weighted by molar-refractivity contribution is 0.0572. The minimum atomic E-state index is -0.622. The van der Waals surface area contributed by atoms with Crippen molar-refractivity contribution in [1.82, 2.24) is 4.90 Å². The van der Waals surface area contributed by atoms with E-state index in [4.69, 9.17) is 4.74 Å². The summed E-state index contributed by atoms with van der Waals surface area (Å²) in [5.41, 5.74) is 1.22. The molecule has 0 spiro atoms. The van der Waals surface area contributed by atoms with Gasteiger partial charge in [0.05, 0.1) is 12.2 Å². The van der Waals surface area contributed by atoms with Crippen molar-refractivity contribution in [2.75, 3.05) is 19.6 Å². The lowest BCUT2D eigenvalue weighted by Crippen LogP contribution is -2.34. The van der Waals surface area contributed by atoms with Gasteiger partial charge in [-0.3, -0.25) is 4.90 Å². The number of β-amino-alcohol motifs (C(OH)–C–C–N with tert-alkyl or cyclic N) is 2. The second-order valence-corrected chi connectivity index (χ2v) is 5.96. The zero-order valence-electron chi connectivity index (χ0n) is 9.92. The maximum atomic E-state index is 9.51. The molecule has 2 N–H and O–H groups in total. The van der Waals surface area contributed by atoms with Crippen LogP contribution in [0.25, 0.3) is 0 Å². The Labute approximate surface area is 114 Å². The molecule has 0 aromatic heterocycles.